The second kappa shape index (κ2) is 69.8. The topological polar surface area (TPSA) is 95.9 Å². The monoisotopic (exact) mass is 1130 g/mol. The van der Waals surface area contributed by atoms with Crippen LogP contribution in [0, 0.1) is 0 Å². The Morgan fingerprint density at radius 1 is 0.338 bits per heavy atom. The maximum Gasteiger partial charge on any atom is 0.305 e. The van der Waals surface area contributed by atoms with E-state index in [4.69, 9.17) is 4.74 Å². The van der Waals surface area contributed by atoms with Gasteiger partial charge < -0.3 is 20.3 Å². The first kappa shape index (κ1) is 78.3. The first-order valence-electron chi connectivity index (χ1n) is 36.6. The molecule has 80 heavy (non-hydrogen) atoms. The molecule has 0 saturated carbocycles. The van der Waals surface area contributed by atoms with Gasteiger partial charge in [-0.1, -0.05) is 366 Å². The Labute approximate surface area is 501 Å². The highest BCUT2D eigenvalue weighted by molar-refractivity contribution is 5.76. The summed E-state index contributed by atoms with van der Waals surface area (Å²) < 4.78 is 5.49. The maximum absolute atomic E-state index is 12.5. The first-order valence-corrected chi connectivity index (χ1v) is 36.6. The molecule has 0 aliphatic rings. The van der Waals surface area contributed by atoms with Crippen molar-refractivity contribution < 1.29 is 24.5 Å². The number of aliphatic hydroxyl groups excluding tert-OH is 2. The summed E-state index contributed by atoms with van der Waals surface area (Å²) in [4.78, 5) is 24.6. The molecule has 0 spiro atoms. The van der Waals surface area contributed by atoms with Gasteiger partial charge >= 0.3 is 5.97 Å². The number of hydrogen-bond acceptors (Lipinski definition) is 5. The molecule has 0 aromatic heterocycles. The van der Waals surface area contributed by atoms with Crippen LogP contribution in [0.25, 0.3) is 0 Å². The number of carbonyl (C=O) groups excluding carboxylic acids is 2. The van der Waals surface area contributed by atoms with Crippen molar-refractivity contribution in [3.63, 3.8) is 0 Å². The molecule has 0 aliphatic carbocycles. The average molecular weight is 1130 g/mol. The van der Waals surface area contributed by atoms with Crippen LogP contribution in [0.1, 0.15) is 412 Å². The molecule has 6 nitrogen and oxygen atoms in total. The van der Waals surface area contributed by atoms with Crippen molar-refractivity contribution in [1.82, 2.24) is 5.32 Å². The SMILES string of the molecule is CCCCCCCCCCCCCCCCCCCCCCC/C=C/C(O)C(CO)NC(=O)CCCCCCCCCCCCC/C=C\CCCCCCCCCCCCCCOC(=O)CCCCCCCCCCCCCCC. The van der Waals surface area contributed by atoms with E-state index in [1.54, 1.807) is 6.08 Å². The lowest BCUT2D eigenvalue weighted by Gasteiger charge is -2.20. The Kier molecular flexibility index (Phi) is 68.4. The quantitative estimate of drug-likeness (QED) is 0.0320. The van der Waals surface area contributed by atoms with Gasteiger partial charge in [-0.05, 0) is 57.8 Å². The fourth-order valence-corrected chi connectivity index (χ4v) is 11.6. The Hall–Kier alpha value is -1.66. The number of hydrogen-bond donors (Lipinski definition) is 3. The molecule has 0 aliphatic heterocycles. The van der Waals surface area contributed by atoms with Crippen LogP contribution < -0.4 is 5.32 Å². The van der Waals surface area contributed by atoms with Crippen molar-refractivity contribution in [3.8, 4) is 0 Å². The van der Waals surface area contributed by atoms with Gasteiger partial charge in [0, 0.05) is 12.8 Å². The predicted molar refractivity (Wildman–Crippen MR) is 352 cm³/mol. The molecule has 2 atom stereocenters. The van der Waals surface area contributed by atoms with Gasteiger partial charge in [0.15, 0.2) is 0 Å². The van der Waals surface area contributed by atoms with Crippen molar-refractivity contribution in [2.75, 3.05) is 13.2 Å². The normalized spacial score (nSPS) is 12.6. The summed E-state index contributed by atoms with van der Waals surface area (Å²) in [6, 6.07) is -0.630. The lowest BCUT2D eigenvalue weighted by Crippen LogP contribution is -2.45. The van der Waals surface area contributed by atoms with E-state index in [1.165, 1.54) is 347 Å². The molecule has 0 radical (unpaired) electrons. The van der Waals surface area contributed by atoms with Crippen LogP contribution in [-0.2, 0) is 14.3 Å². The zero-order chi connectivity index (χ0) is 57.8. The fourth-order valence-electron chi connectivity index (χ4n) is 11.6. The van der Waals surface area contributed by atoms with Gasteiger partial charge in [0.2, 0.25) is 5.91 Å². The number of esters is 1. The van der Waals surface area contributed by atoms with E-state index in [0.717, 1.165) is 38.5 Å². The highest BCUT2D eigenvalue weighted by atomic mass is 16.5. The van der Waals surface area contributed by atoms with Crippen molar-refractivity contribution in [3.05, 3.63) is 24.3 Å². The highest BCUT2D eigenvalue weighted by Gasteiger charge is 2.18. The van der Waals surface area contributed by atoms with E-state index in [-0.39, 0.29) is 18.5 Å². The summed E-state index contributed by atoms with van der Waals surface area (Å²) in [6.07, 6.45) is 88.4. The second-order valence-corrected chi connectivity index (χ2v) is 25.3. The molecule has 0 saturated heterocycles. The number of ether oxygens (including phenoxy) is 1. The predicted octanol–water partition coefficient (Wildman–Crippen LogP) is 23.7. The number of carbonyl (C=O) groups is 2. The number of rotatable bonds is 69. The van der Waals surface area contributed by atoms with Crippen LogP contribution in [0.3, 0.4) is 0 Å². The van der Waals surface area contributed by atoms with E-state index < -0.39 is 12.1 Å². The molecule has 6 heteroatoms. The van der Waals surface area contributed by atoms with E-state index >= 15 is 0 Å². The number of nitrogens with one attached hydrogen (secondary N) is 1. The van der Waals surface area contributed by atoms with Crippen LogP contribution in [0.5, 0.6) is 0 Å². The molecule has 0 fully saturated rings. The van der Waals surface area contributed by atoms with Gasteiger partial charge in [-0.15, -0.1) is 0 Å². The van der Waals surface area contributed by atoms with Crippen LogP contribution >= 0.6 is 0 Å². The fraction of sp³-hybridized carbons (Fsp3) is 0.919. The van der Waals surface area contributed by atoms with Crippen molar-refractivity contribution in [2.45, 2.75) is 424 Å². The molecule has 3 N–H and O–H groups in total. The minimum absolute atomic E-state index is 0.0171. The summed E-state index contributed by atoms with van der Waals surface area (Å²) in [6.45, 7) is 4.95. The first-order chi connectivity index (χ1) is 39.5. The number of aliphatic hydroxyl groups is 2. The molecule has 474 valence electrons. The van der Waals surface area contributed by atoms with Crippen LogP contribution in [0.15, 0.2) is 24.3 Å². The summed E-state index contributed by atoms with van der Waals surface area (Å²) in [7, 11) is 0. The third-order valence-electron chi connectivity index (χ3n) is 17.2. The molecule has 0 aromatic carbocycles. The van der Waals surface area contributed by atoms with Crippen LogP contribution in [-0.4, -0.2) is 47.4 Å². The van der Waals surface area contributed by atoms with Crippen molar-refractivity contribution in [1.29, 1.82) is 0 Å². The molecular weight excluding hydrogens is 983 g/mol. The molecular formula is C74H143NO5. The van der Waals surface area contributed by atoms with E-state index in [2.05, 4.69) is 31.3 Å². The number of allylic oxidation sites excluding steroid dienone is 3. The Bertz CT molecular complexity index is 1250. The van der Waals surface area contributed by atoms with Gasteiger partial charge in [0.25, 0.3) is 0 Å². The Morgan fingerprint density at radius 2 is 0.588 bits per heavy atom. The van der Waals surface area contributed by atoms with Gasteiger partial charge in [-0.2, -0.15) is 0 Å². The molecule has 0 aromatic rings. The zero-order valence-corrected chi connectivity index (χ0v) is 54.3. The Balaban J connectivity index is 3.41. The summed E-state index contributed by atoms with van der Waals surface area (Å²) in [5, 5.41) is 23.3. The number of amides is 1. The number of unbranched alkanes of at least 4 members (excludes halogenated alkanes) is 56. The second-order valence-electron chi connectivity index (χ2n) is 25.3. The summed E-state index contributed by atoms with van der Waals surface area (Å²) in [5.74, 6) is -0.0471. The zero-order valence-electron chi connectivity index (χ0n) is 54.3. The standard InChI is InChI=1S/C74H143NO5/c1-3-5-7-9-11-13-15-17-18-19-20-21-27-30-33-36-39-43-46-50-54-58-62-66-72(77)71(70-76)75-73(78)67-63-59-55-51-47-44-40-37-34-31-28-25-23-22-24-26-29-32-35-38-41-45-49-53-57-61-65-69-80-74(79)68-64-60-56-52-48-42-16-14-12-10-8-6-4-2/h22-23,62,66,71-72,76-77H,3-21,24-61,63-65,67-70H2,1-2H3,(H,75,78)/b23-22-,66-62+. The lowest BCUT2D eigenvalue weighted by atomic mass is 10.0. The average Bonchev–Trinajstić information content (AvgIpc) is 3.46. The summed E-state index contributed by atoms with van der Waals surface area (Å²) >= 11 is 0. The van der Waals surface area contributed by atoms with Crippen molar-refractivity contribution in [2.24, 2.45) is 0 Å². The summed E-state index contributed by atoms with van der Waals surface area (Å²) in [5.41, 5.74) is 0. The molecule has 2 unspecified atom stereocenters. The van der Waals surface area contributed by atoms with Crippen molar-refractivity contribution >= 4 is 11.9 Å². The smallest absolute Gasteiger partial charge is 0.305 e. The minimum atomic E-state index is -0.846. The van der Waals surface area contributed by atoms with E-state index in [0.29, 0.717) is 19.4 Å². The van der Waals surface area contributed by atoms with Gasteiger partial charge in [0.05, 0.1) is 25.4 Å². The van der Waals surface area contributed by atoms with Crippen LogP contribution in [0.2, 0.25) is 0 Å². The van der Waals surface area contributed by atoms with Crippen LogP contribution in [0.4, 0.5) is 0 Å². The third kappa shape index (κ3) is 65.5. The maximum atomic E-state index is 12.5. The van der Waals surface area contributed by atoms with E-state index in [9.17, 15) is 19.8 Å². The highest BCUT2D eigenvalue weighted by Crippen LogP contribution is 2.19. The van der Waals surface area contributed by atoms with Gasteiger partial charge in [0.1, 0.15) is 0 Å². The molecule has 0 rings (SSSR count). The largest absolute Gasteiger partial charge is 0.466 e. The Morgan fingerprint density at radius 3 is 0.887 bits per heavy atom. The molecule has 0 heterocycles. The minimum Gasteiger partial charge on any atom is -0.466 e. The van der Waals surface area contributed by atoms with Gasteiger partial charge in [-0.25, -0.2) is 0 Å². The lowest BCUT2D eigenvalue weighted by molar-refractivity contribution is -0.143. The molecule has 0 bridgehead atoms. The molecule has 1 amide bonds. The van der Waals surface area contributed by atoms with E-state index in [1.807, 2.05) is 6.08 Å². The van der Waals surface area contributed by atoms with Gasteiger partial charge in [-0.3, -0.25) is 9.59 Å². The third-order valence-corrected chi connectivity index (χ3v) is 17.2.